The fourth-order valence-corrected chi connectivity index (χ4v) is 2.13. The van der Waals surface area contributed by atoms with Gasteiger partial charge in [0, 0.05) is 6.54 Å². The van der Waals surface area contributed by atoms with Crippen molar-refractivity contribution in [2.45, 2.75) is 13.8 Å². The van der Waals surface area contributed by atoms with E-state index in [9.17, 15) is 9.59 Å². The maximum atomic E-state index is 11.5. The second-order valence-corrected chi connectivity index (χ2v) is 5.07. The van der Waals surface area contributed by atoms with Gasteiger partial charge >= 0.3 is 5.97 Å². The number of nitrogens with zero attached hydrogens (tertiary/aromatic N) is 1. The first-order valence-corrected chi connectivity index (χ1v) is 6.25. The standard InChI is InChI=1S/C13H17ClN2O3/c1-8(2)6-16(7-11(17)18)10-5-3-4-9(14)12(10)13(15)19/h3-5,8H,6-7H2,1-2H3,(H2,15,19)(H,17,18). The third kappa shape index (κ3) is 4.13. The van der Waals surface area contributed by atoms with E-state index < -0.39 is 11.9 Å². The SMILES string of the molecule is CC(C)CN(CC(=O)O)c1cccc(Cl)c1C(N)=O. The van der Waals surface area contributed by atoms with E-state index in [1.165, 1.54) is 0 Å². The van der Waals surface area contributed by atoms with E-state index in [4.69, 9.17) is 22.4 Å². The van der Waals surface area contributed by atoms with E-state index in [1.54, 1.807) is 23.1 Å². The molecule has 3 N–H and O–H groups in total. The molecule has 0 aromatic heterocycles. The van der Waals surface area contributed by atoms with E-state index in [0.717, 1.165) is 0 Å². The van der Waals surface area contributed by atoms with Gasteiger partial charge in [-0.1, -0.05) is 31.5 Å². The molecule has 1 aromatic rings. The molecule has 0 fully saturated rings. The van der Waals surface area contributed by atoms with Crippen molar-refractivity contribution < 1.29 is 14.7 Å². The van der Waals surface area contributed by atoms with Crippen LogP contribution in [0.25, 0.3) is 0 Å². The van der Waals surface area contributed by atoms with E-state index in [1.807, 2.05) is 13.8 Å². The van der Waals surface area contributed by atoms with Gasteiger partial charge in [0.2, 0.25) is 0 Å². The highest BCUT2D eigenvalue weighted by atomic mass is 35.5. The number of halogens is 1. The molecule has 5 nitrogen and oxygen atoms in total. The minimum atomic E-state index is -0.976. The van der Waals surface area contributed by atoms with Crippen LogP contribution in [-0.2, 0) is 4.79 Å². The van der Waals surface area contributed by atoms with Gasteiger partial charge in [-0.25, -0.2) is 0 Å². The Bertz CT molecular complexity index is 489. The molecule has 0 saturated heterocycles. The molecule has 0 aliphatic carbocycles. The lowest BCUT2D eigenvalue weighted by molar-refractivity contribution is -0.135. The van der Waals surface area contributed by atoms with Gasteiger partial charge in [-0.2, -0.15) is 0 Å². The zero-order valence-corrected chi connectivity index (χ0v) is 11.6. The number of primary amides is 1. The van der Waals surface area contributed by atoms with Gasteiger partial charge in [0.15, 0.2) is 0 Å². The van der Waals surface area contributed by atoms with Crippen LogP contribution in [0.2, 0.25) is 5.02 Å². The van der Waals surface area contributed by atoms with E-state index in [0.29, 0.717) is 12.2 Å². The largest absolute Gasteiger partial charge is 0.480 e. The fraction of sp³-hybridized carbons (Fsp3) is 0.385. The van der Waals surface area contributed by atoms with Gasteiger partial charge in [0.05, 0.1) is 16.3 Å². The van der Waals surface area contributed by atoms with Gasteiger partial charge < -0.3 is 15.7 Å². The summed E-state index contributed by atoms with van der Waals surface area (Å²) >= 11 is 5.97. The molecule has 19 heavy (non-hydrogen) atoms. The van der Waals surface area contributed by atoms with E-state index >= 15 is 0 Å². The van der Waals surface area contributed by atoms with Crippen LogP contribution in [0.5, 0.6) is 0 Å². The van der Waals surface area contributed by atoms with Crippen molar-refractivity contribution in [3.05, 3.63) is 28.8 Å². The maximum Gasteiger partial charge on any atom is 0.323 e. The Hall–Kier alpha value is -1.75. The minimum absolute atomic E-state index is 0.158. The van der Waals surface area contributed by atoms with Crippen LogP contribution in [0.15, 0.2) is 18.2 Å². The first-order valence-electron chi connectivity index (χ1n) is 5.88. The Morgan fingerprint density at radius 2 is 2.05 bits per heavy atom. The molecule has 0 spiro atoms. The molecule has 0 aliphatic rings. The average molecular weight is 285 g/mol. The van der Waals surface area contributed by atoms with Crippen LogP contribution in [0.3, 0.4) is 0 Å². The topological polar surface area (TPSA) is 83.6 Å². The average Bonchev–Trinajstić information content (AvgIpc) is 2.25. The zero-order valence-electron chi connectivity index (χ0n) is 10.9. The molecule has 0 atom stereocenters. The number of aliphatic carboxylic acids is 1. The van der Waals surface area contributed by atoms with Crippen molar-refractivity contribution in [1.82, 2.24) is 0 Å². The summed E-state index contributed by atoms with van der Waals surface area (Å²) in [5.74, 6) is -1.41. The Morgan fingerprint density at radius 1 is 1.42 bits per heavy atom. The summed E-state index contributed by atoms with van der Waals surface area (Å²) in [6.07, 6.45) is 0. The minimum Gasteiger partial charge on any atom is -0.480 e. The molecule has 1 aromatic carbocycles. The summed E-state index contributed by atoms with van der Waals surface area (Å²) in [7, 11) is 0. The smallest absolute Gasteiger partial charge is 0.323 e. The second kappa shape index (κ2) is 6.43. The number of rotatable bonds is 6. The molecule has 0 radical (unpaired) electrons. The van der Waals surface area contributed by atoms with Gasteiger partial charge in [-0.3, -0.25) is 9.59 Å². The van der Waals surface area contributed by atoms with Crippen molar-refractivity contribution in [1.29, 1.82) is 0 Å². The molecule has 6 heteroatoms. The zero-order chi connectivity index (χ0) is 14.6. The molecule has 1 rings (SSSR count). The molecule has 1 amide bonds. The van der Waals surface area contributed by atoms with Gasteiger partial charge in [0.1, 0.15) is 6.54 Å². The van der Waals surface area contributed by atoms with Gasteiger partial charge in [0.25, 0.3) is 5.91 Å². The number of hydrogen-bond donors (Lipinski definition) is 2. The summed E-state index contributed by atoms with van der Waals surface area (Å²) in [5.41, 5.74) is 5.93. The van der Waals surface area contributed by atoms with Crippen LogP contribution in [0, 0.1) is 5.92 Å². The summed E-state index contributed by atoms with van der Waals surface area (Å²) in [4.78, 5) is 24.0. The number of carbonyl (C=O) groups is 2. The monoisotopic (exact) mass is 284 g/mol. The van der Waals surface area contributed by atoms with Crippen molar-refractivity contribution in [3.8, 4) is 0 Å². The molecule has 0 bridgehead atoms. The number of hydrogen-bond acceptors (Lipinski definition) is 3. The Kier molecular flexibility index (Phi) is 5.18. The van der Waals surface area contributed by atoms with Crippen LogP contribution in [0.1, 0.15) is 24.2 Å². The number of benzene rings is 1. The number of carboxylic acid groups (broad SMARTS) is 1. The van der Waals surface area contributed by atoms with Crippen LogP contribution >= 0.6 is 11.6 Å². The quantitative estimate of drug-likeness (QED) is 0.837. The number of carboxylic acids is 1. The molecule has 0 saturated carbocycles. The highest BCUT2D eigenvalue weighted by Gasteiger charge is 2.20. The van der Waals surface area contributed by atoms with Crippen LogP contribution < -0.4 is 10.6 Å². The van der Waals surface area contributed by atoms with Crippen molar-refractivity contribution >= 4 is 29.2 Å². The Balaban J connectivity index is 3.24. The number of anilines is 1. The second-order valence-electron chi connectivity index (χ2n) is 4.67. The van der Waals surface area contributed by atoms with Crippen molar-refractivity contribution in [2.24, 2.45) is 11.7 Å². The lowest BCUT2D eigenvalue weighted by atomic mass is 10.1. The number of nitrogens with two attached hydrogens (primary N) is 1. The summed E-state index contributed by atoms with van der Waals surface area (Å²) < 4.78 is 0. The van der Waals surface area contributed by atoms with E-state index in [2.05, 4.69) is 0 Å². The highest BCUT2D eigenvalue weighted by Crippen LogP contribution is 2.27. The Labute approximate surface area is 117 Å². The third-order valence-corrected chi connectivity index (χ3v) is 2.81. The van der Waals surface area contributed by atoms with Crippen molar-refractivity contribution in [2.75, 3.05) is 18.0 Å². The molecule has 0 heterocycles. The fourth-order valence-electron chi connectivity index (χ4n) is 1.87. The molecule has 0 unspecified atom stereocenters. The normalized spacial score (nSPS) is 10.5. The number of amides is 1. The lowest BCUT2D eigenvalue weighted by Gasteiger charge is -2.26. The third-order valence-electron chi connectivity index (χ3n) is 2.49. The first-order chi connectivity index (χ1) is 8.82. The summed E-state index contributed by atoms with van der Waals surface area (Å²) in [6, 6.07) is 4.87. The van der Waals surface area contributed by atoms with E-state index in [-0.39, 0.29) is 23.0 Å². The summed E-state index contributed by atoms with van der Waals surface area (Å²) in [6.45, 7) is 4.21. The highest BCUT2D eigenvalue weighted by molar-refractivity contribution is 6.34. The lowest BCUT2D eigenvalue weighted by Crippen LogP contribution is -2.34. The molecule has 104 valence electrons. The Morgan fingerprint density at radius 3 is 2.53 bits per heavy atom. The molecule has 0 aliphatic heterocycles. The summed E-state index contributed by atoms with van der Waals surface area (Å²) in [5, 5.41) is 9.19. The van der Waals surface area contributed by atoms with Crippen LogP contribution in [0.4, 0.5) is 5.69 Å². The van der Waals surface area contributed by atoms with Crippen molar-refractivity contribution in [3.63, 3.8) is 0 Å². The first kappa shape index (κ1) is 15.3. The van der Waals surface area contributed by atoms with Gasteiger partial charge in [-0.05, 0) is 18.1 Å². The molecular weight excluding hydrogens is 268 g/mol. The van der Waals surface area contributed by atoms with Crippen LogP contribution in [-0.4, -0.2) is 30.1 Å². The molecular formula is C13H17ClN2O3. The maximum absolute atomic E-state index is 11.5. The predicted molar refractivity (Wildman–Crippen MR) is 74.7 cm³/mol. The van der Waals surface area contributed by atoms with Gasteiger partial charge in [-0.15, -0.1) is 0 Å². The number of carbonyl (C=O) groups excluding carboxylic acids is 1. The predicted octanol–water partition coefficient (Wildman–Crippen LogP) is 1.99.